The van der Waals surface area contributed by atoms with Gasteiger partial charge in [-0.15, -0.1) is 0 Å². The number of hydrogen-bond donors (Lipinski definition) is 2. The molecule has 0 aliphatic heterocycles. The first-order valence-electron chi connectivity index (χ1n) is 12.6. The number of methoxy groups -OCH3 is 4. The van der Waals surface area contributed by atoms with Crippen LogP contribution >= 0.6 is 0 Å². The molecule has 38 heavy (non-hydrogen) atoms. The van der Waals surface area contributed by atoms with Crippen molar-refractivity contribution in [2.45, 2.75) is 19.1 Å². The highest BCUT2D eigenvalue weighted by molar-refractivity contribution is 5.77. The van der Waals surface area contributed by atoms with E-state index in [0.717, 1.165) is 27.8 Å². The monoisotopic (exact) mass is 513 g/mol. The van der Waals surface area contributed by atoms with Crippen molar-refractivity contribution in [3.8, 4) is 45.3 Å². The molecule has 0 radical (unpaired) electrons. The van der Waals surface area contributed by atoms with Crippen LogP contribution in [-0.4, -0.2) is 46.3 Å². The number of ether oxygens (including phenoxy) is 4. The molecule has 0 spiro atoms. The lowest BCUT2D eigenvalue weighted by Gasteiger charge is -2.18. The summed E-state index contributed by atoms with van der Waals surface area (Å²) in [5.41, 5.74) is 6.31. The summed E-state index contributed by atoms with van der Waals surface area (Å²) in [4.78, 5) is 0. The Bertz CT molecular complexity index is 1320. The van der Waals surface area contributed by atoms with Gasteiger partial charge in [0, 0.05) is 18.5 Å². The molecule has 0 fully saturated rings. The molecule has 198 valence electrons. The van der Waals surface area contributed by atoms with Crippen LogP contribution in [0.2, 0.25) is 0 Å². The Kier molecular flexibility index (Phi) is 9.25. The minimum absolute atomic E-state index is 0.443. The minimum Gasteiger partial charge on any atom is -0.493 e. The first-order valence-corrected chi connectivity index (χ1v) is 12.6. The van der Waals surface area contributed by atoms with E-state index >= 15 is 0 Å². The van der Waals surface area contributed by atoms with E-state index in [9.17, 15) is 5.11 Å². The molecule has 0 bridgehead atoms. The molecule has 1 unspecified atom stereocenters. The van der Waals surface area contributed by atoms with Gasteiger partial charge in [-0.05, 0) is 46.4 Å². The summed E-state index contributed by atoms with van der Waals surface area (Å²) in [5.74, 6) is 2.70. The molecule has 4 aromatic carbocycles. The maximum Gasteiger partial charge on any atom is 0.168 e. The largest absolute Gasteiger partial charge is 0.493 e. The smallest absolute Gasteiger partial charge is 0.168 e. The summed E-state index contributed by atoms with van der Waals surface area (Å²) in [7, 11) is 6.52. The average molecular weight is 514 g/mol. The van der Waals surface area contributed by atoms with E-state index in [1.807, 2.05) is 36.4 Å². The summed E-state index contributed by atoms with van der Waals surface area (Å²) in [5, 5.41) is 13.7. The zero-order valence-electron chi connectivity index (χ0n) is 22.4. The molecule has 0 aromatic heterocycles. The molecular formula is C32H35NO5. The van der Waals surface area contributed by atoms with Gasteiger partial charge >= 0.3 is 0 Å². The second kappa shape index (κ2) is 13.0. The zero-order chi connectivity index (χ0) is 26.9. The predicted octanol–water partition coefficient (Wildman–Crippen LogP) is 5.75. The van der Waals surface area contributed by atoms with Crippen LogP contribution in [0, 0.1) is 0 Å². The Labute approximate surface area is 224 Å². The number of aliphatic hydroxyl groups excluding tert-OH is 1. The third-order valence-corrected chi connectivity index (χ3v) is 6.56. The lowest BCUT2D eigenvalue weighted by Crippen LogP contribution is -2.32. The highest BCUT2D eigenvalue weighted by Crippen LogP contribution is 2.41. The number of nitrogens with one attached hydrogen (secondary N) is 1. The van der Waals surface area contributed by atoms with Crippen LogP contribution in [0.3, 0.4) is 0 Å². The maximum atomic E-state index is 10.6. The number of benzene rings is 4. The second-order valence-corrected chi connectivity index (χ2v) is 8.90. The molecular weight excluding hydrogens is 478 g/mol. The van der Waals surface area contributed by atoms with Gasteiger partial charge in [-0.25, -0.2) is 0 Å². The molecule has 0 heterocycles. The van der Waals surface area contributed by atoms with Crippen LogP contribution in [0.1, 0.15) is 11.1 Å². The van der Waals surface area contributed by atoms with Crippen LogP contribution in [0.5, 0.6) is 23.0 Å². The van der Waals surface area contributed by atoms with Crippen molar-refractivity contribution < 1.29 is 24.1 Å². The molecule has 0 saturated heterocycles. The summed E-state index contributed by atoms with van der Waals surface area (Å²) >= 11 is 0. The molecule has 4 rings (SSSR count). The van der Waals surface area contributed by atoms with Gasteiger partial charge in [0.05, 0.1) is 28.4 Å². The molecule has 0 amide bonds. The molecule has 1 atom stereocenters. The van der Waals surface area contributed by atoms with Crippen molar-refractivity contribution in [3.05, 3.63) is 96.1 Å². The molecule has 4 aromatic rings. The first kappa shape index (κ1) is 27.0. The Morgan fingerprint density at radius 1 is 0.658 bits per heavy atom. The average Bonchev–Trinajstić information content (AvgIpc) is 2.97. The predicted molar refractivity (Wildman–Crippen MR) is 151 cm³/mol. The van der Waals surface area contributed by atoms with Crippen molar-refractivity contribution in [2.24, 2.45) is 0 Å². The van der Waals surface area contributed by atoms with Gasteiger partial charge in [-0.3, -0.25) is 5.32 Å². The zero-order valence-corrected chi connectivity index (χ0v) is 22.4. The van der Waals surface area contributed by atoms with Crippen molar-refractivity contribution >= 4 is 0 Å². The first-order chi connectivity index (χ1) is 18.6. The molecule has 0 aliphatic rings. The van der Waals surface area contributed by atoms with Gasteiger partial charge in [0.25, 0.3) is 0 Å². The summed E-state index contributed by atoms with van der Waals surface area (Å²) in [6.07, 6.45) is 0.400. The number of aliphatic hydroxyl groups is 1. The van der Waals surface area contributed by atoms with Crippen LogP contribution in [-0.2, 0) is 12.8 Å². The lowest BCUT2D eigenvalue weighted by atomic mass is 9.97. The van der Waals surface area contributed by atoms with E-state index in [1.165, 1.54) is 5.56 Å². The molecule has 0 aliphatic carbocycles. The minimum atomic E-state index is -0.705. The van der Waals surface area contributed by atoms with E-state index in [1.54, 1.807) is 28.4 Å². The van der Waals surface area contributed by atoms with E-state index in [2.05, 4.69) is 53.8 Å². The van der Waals surface area contributed by atoms with Gasteiger partial charge in [-0.1, -0.05) is 72.8 Å². The summed E-state index contributed by atoms with van der Waals surface area (Å²) < 4.78 is 22.2. The van der Waals surface area contributed by atoms with E-state index in [-0.39, 0.29) is 0 Å². The Morgan fingerprint density at radius 3 is 1.97 bits per heavy atom. The highest BCUT2D eigenvalue weighted by Gasteiger charge is 2.17. The second-order valence-electron chi connectivity index (χ2n) is 8.90. The van der Waals surface area contributed by atoms with Crippen molar-refractivity contribution in [2.75, 3.05) is 35.0 Å². The third kappa shape index (κ3) is 6.28. The third-order valence-electron chi connectivity index (χ3n) is 6.56. The molecule has 0 saturated carbocycles. The Balaban J connectivity index is 1.43. The fraction of sp³-hybridized carbons (Fsp3) is 0.250. The van der Waals surface area contributed by atoms with Gasteiger partial charge in [-0.2, -0.15) is 0 Å². The van der Waals surface area contributed by atoms with E-state index in [4.69, 9.17) is 18.9 Å². The number of hydrogen-bond acceptors (Lipinski definition) is 6. The topological polar surface area (TPSA) is 69.2 Å². The van der Waals surface area contributed by atoms with Crippen LogP contribution < -0.4 is 24.3 Å². The lowest BCUT2D eigenvalue weighted by molar-refractivity contribution is 0.138. The summed E-state index contributed by atoms with van der Waals surface area (Å²) in [6.45, 7) is 0.569. The van der Waals surface area contributed by atoms with Crippen LogP contribution in [0.4, 0.5) is 0 Å². The van der Waals surface area contributed by atoms with Crippen molar-refractivity contribution in [1.29, 1.82) is 0 Å². The van der Waals surface area contributed by atoms with Gasteiger partial charge < -0.3 is 24.1 Å². The maximum absolute atomic E-state index is 10.6. The van der Waals surface area contributed by atoms with Crippen LogP contribution in [0.15, 0.2) is 84.9 Å². The van der Waals surface area contributed by atoms with Gasteiger partial charge in [0.1, 0.15) is 6.23 Å². The molecule has 6 heteroatoms. The molecule has 6 nitrogen and oxygen atoms in total. The Hall–Kier alpha value is -4.00. The Morgan fingerprint density at radius 2 is 1.32 bits per heavy atom. The quantitative estimate of drug-likeness (QED) is 0.235. The SMILES string of the molecule is COc1ccc(CC(O)NCCc2ccc(-c3ccc(-c4ccccc4)cc3)c(OC)c2OC)cc1OC. The fourth-order valence-electron chi connectivity index (χ4n) is 4.60. The van der Waals surface area contributed by atoms with Gasteiger partial charge in [0.2, 0.25) is 0 Å². The normalized spacial score (nSPS) is 11.6. The van der Waals surface area contributed by atoms with Crippen molar-refractivity contribution in [1.82, 2.24) is 5.32 Å². The fourth-order valence-corrected chi connectivity index (χ4v) is 4.60. The number of rotatable bonds is 12. The standard InChI is InChI=1S/C32H35NO5/c1-35-28-17-10-22(20-29(28)36-2)21-30(34)33-19-18-26-15-16-27(32(38-4)31(26)37-3)25-13-11-24(12-14-25)23-8-6-5-7-9-23/h5-17,20,30,33-34H,18-19,21H2,1-4H3. The van der Waals surface area contributed by atoms with Crippen LogP contribution in [0.25, 0.3) is 22.3 Å². The van der Waals surface area contributed by atoms with E-state index in [0.29, 0.717) is 42.4 Å². The van der Waals surface area contributed by atoms with Crippen molar-refractivity contribution in [3.63, 3.8) is 0 Å². The summed E-state index contributed by atoms with van der Waals surface area (Å²) in [6, 6.07) is 28.5. The van der Waals surface area contributed by atoms with E-state index < -0.39 is 6.23 Å². The van der Waals surface area contributed by atoms with Gasteiger partial charge in [0.15, 0.2) is 23.0 Å². The molecule has 2 N–H and O–H groups in total. The highest BCUT2D eigenvalue weighted by atomic mass is 16.5.